The average Bonchev–Trinajstić information content (AvgIpc) is 3.86. The third-order valence-electron chi connectivity index (χ3n) is 12.4. The van der Waals surface area contributed by atoms with Crippen LogP contribution < -0.4 is 41.5 Å². The van der Waals surface area contributed by atoms with Crippen molar-refractivity contribution in [2.75, 3.05) is 0 Å². The van der Waals surface area contributed by atoms with Crippen molar-refractivity contribution in [1.29, 1.82) is 0 Å². The smallest absolute Gasteiger partial charge is 0.220 e. The lowest BCUT2D eigenvalue weighted by Crippen LogP contribution is -2.78. The summed E-state index contributed by atoms with van der Waals surface area (Å²) in [5.74, 6) is 0.901. The van der Waals surface area contributed by atoms with Gasteiger partial charge < -0.3 is 0 Å². The first-order valence-electron chi connectivity index (χ1n) is 20.6. The van der Waals surface area contributed by atoms with E-state index in [1.807, 2.05) is 0 Å². The zero-order valence-corrected chi connectivity index (χ0v) is 35.0. The highest BCUT2D eigenvalue weighted by molar-refractivity contribution is 7.22. The van der Waals surface area contributed by atoms with E-state index in [9.17, 15) is 0 Å². The SMILES string of the molecule is c1ccc([Si](c2ccccc2)(c2ccccc2)c2cc(-n3c4ccccc4n4c5ccccc5nc34)cc([Si](c3ccccc3)(c3ccccc3)c3ccccc3)c2)cc1. The Kier molecular flexibility index (Phi) is 8.84. The molecule has 0 N–H and O–H groups in total. The zero-order chi connectivity index (χ0) is 39.9. The van der Waals surface area contributed by atoms with Gasteiger partial charge in [0.15, 0.2) is 16.1 Å². The number of para-hydroxylation sites is 4. The van der Waals surface area contributed by atoms with Gasteiger partial charge in [-0.1, -0.05) is 212 Å². The number of hydrogen-bond acceptors (Lipinski definition) is 1. The first-order chi connectivity index (χ1) is 29.8. The van der Waals surface area contributed by atoms with Crippen LogP contribution in [0.15, 0.2) is 249 Å². The minimum atomic E-state index is -3.04. The minimum Gasteiger partial charge on any atom is -0.278 e. The summed E-state index contributed by atoms with van der Waals surface area (Å²) in [4.78, 5) is 5.41. The van der Waals surface area contributed by atoms with Crippen LogP contribution in [0.25, 0.3) is 33.5 Å². The van der Waals surface area contributed by atoms with Crippen LogP contribution in [0.3, 0.4) is 0 Å². The topological polar surface area (TPSA) is 22.2 Å². The number of rotatable bonds is 9. The molecular formula is C55H41N3Si2. The predicted molar refractivity (Wildman–Crippen MR) is 257 cm³/mol. The Labute approximate surface area is 352 Å². The van der Waals surface area contributed by atoms with E-state index in [1.54, 1.807) is 0 Å². The molecule has 0 radical (unpaired) electrons. The van der Waals surface area contributed by atoms with Gasteiger partial charge >= 0.3 is 0 Å². The molecule has 0 spiro atoms. The van der Waals surface area contributed by atoms with Gasteiger partial charge in [-0.05, 0) is 77.9 Å². The van der Waals surface area contributed by atoms with Gasteiger partial charge in [0.25, 0.3) is 0 Å². The van der Waals surface area contributed by atoms with E-state index >= 15 is 0 Å². The molecule has 0 aliphatic rings. The van der Waals surface area contributed by atoms with Gasteiger partial charge in [0.05, 0.1) is 22.1 Å². The molecule has 0 unspecified atom stereocenters. The fourth-order valence-corrected chi connectivity index (χ4v) is 19.7. The van der Waals surface area contributed by atoms with Gasteiger partial charge in [-0.3, -0.25) is 8.97 Å². The van der Waals surface area contributed by atoms with Crippen molar-refractivity contribution in [1.82, 2.24) is 14.0 Å². The first-order valence-corrected chi connectivity index (χ1v) is 24.6. The van der Waals surface area contributed by atoms with E-state index in [-0.39, 0.29) is 0 Å². The summed E-state index contributed by atoms with van der Waals surface area (Å²) in [7, 11) is -6.08. The Morgan fingerprint density at radius 3 is 0.983 bits per heavy atom. The highest BCUT2D eigenvalue weighted by atomic mass is 28.3. The molecule has 284 valence electrons. The van der Waals surface area contributed by atoms with Gasteiger partial charge in [-0.2, -0.15) is 0 Å². The molecule has 5 heteroatoms. The summed E-state index contributed by atoms with van der Waals surface area (Å²) in [6.07, 6.45) is 0. The molecule has 0 saturated heterocycles. The van der Waals surface area contributed by atoms with E-state index in [4.69, 9.17) is 4.98 Å². The molecule has 0 amide bonds. The number of aromatic nitrogens is 3. The van der Waals surface area contributed by atoms with Gasteiger partial charge in [0.2, 0.25) is 5.78 Å². The highest BCUT2D eigenvalue weighted by Gasteiger charge is 2.46. The molecule has 3 nitrogen and oxygen atoms in total. The third-order valence-corrected chi connectivity index (χ3v) is 21.9. The molecule has 2 aromatic heterocycles. The first kappa shape index (κ1) is 35.8. The lowest BCUT2D eigenvalue weighted by molar-refractivity contribution is 1.11. The number of nitrogens with zero attached hydrogens (tertiary/aromatic N) is 3. The fraction of sp³-hybridized carbons (Fsp3) is 0. The second-order valence-electron chi connectivity index (χ2n) is 15.5. The summed E-state index contributed by atoms with van der Waals surface area (Å²) in [6, 6.07) is 92.6. The van der Waals surface area contributed by atoms with Crippen LogP contribution in [0, 0.1) is 0 Å². The zero-order valence-electron chi connectivity index (χ0n) is 33.0. The number of hydrogen-bond donors (Lipinski definition) is 0. The van der Waals surface area contributed by atoms with Gasteiger partial charge in [0.1, 0.15) is 0 Å². The maximum absolute atomic E-state index is 5.41. The lowest BCUT2D eigenvalue weighted by Gasteiger charge is -2.38. The maximum Gasteiger partial charge on any atom is 0.220 e. The molecule has 60 heavy (non-hydrogen) atoms. The Morgan fingerprint density at radius 1 is 0.283 bits per heavy atom. The van der Waals surface area contributed by atoms with Crippen LogP contribution in [0.4, 0.5) is 0 Å². The molecule has 0 bridgehead atoms. The Hall–Kier alpha value is -7.32. The van der Waals surface area contributed by atoms with Crippen molar-refractivity contribution in [3.8, 4) is 5.69 Å². The molecule has 0 aliphatic heterocycles. The van der Waals surface area contributed by atoms with E-state index in [0.717, 1.165) is 33.5 Å². The summed E-state index contributed by atoms with van der Waals surface area (Å²) in [5, 5.41) is 10.7. The predicted octanol–water partition coefficient (Wildman–Crippen LogP) is 7.19. The van der Waals surface area contributed by atoms with Gasteiger partial charge in [-0.25, -0.2) is 4.98 Å². The molecule has 2 heterocycles. The Bertz CT molecular complexity index is 2900. The van der Waals surface area contributed by atoms with Crippen LogP contribution >= 0.6 is 0 Å². The Morgan fingerprint density at radius 2 is 0.600 bits per heavy atom. The summed E-state index contributed by atoms with van der Waals surface area (Å²) in [6.45, 7) is 0. The number of fused-ring (bicyclic) bond motifs is 5. The van der Waals surface area contributed by atoms with E-state index < -0.39 is 16.1 Å². The van der Waals surface area contributed by atoms with E-state index in [0.29, 0.717) is 0 Å². The minimum absolute atomic E-state index is 0.901. The second kappa shape index (κ2) is 14.8. The number of benzene rings is 9. The Balaban J connectivity index is 1.37. The van der Waals surface area contributed by atoms with E-state index in [1.165, 1.54) is 41.5 Å². The van der Waals surface area contributed by atoms with Crippen molar-refractivity contribution < 1.29 is 0 Å². The largest absolute Gasteiger partial charge is 0.278 e. The molecule has 0 atom stereocenters. The van der Waals surface area contributed by atoms with Crippen molar-refractivity contribution in [3.63, 3.8) is 0 Å². The van der Waals surface area contributed by atoms with Crippen molar-refractivity contribution in [2.24, 2.45) is 0 Å². The average molecular weight is 800 g/mol. The lowest BCUT2D eigenvalue weighted by atomic mass is 10.2. The molecule has 0 saturated carbocycles. The van der Waals surface area contributed by atoms with Gasteiger partial charge in [0, 0.05) is 5.69 Å². The molecule has 11 aromatic rings. The van der Waals surface area contributed by atoms with Crippen molar-refractivity contribution in [3.05, 3.63) is 249 Å². The molecule has 0 fully saturated rings. The fourth-order valence-electron chi connectivity index (χ4n) is 9.91. The quantitative estimate of drug-likeness (QED) is 0.112. The maximum atomic E-state index is 5.41. The number of imidazole rings is 2. The van der Waals surface area contributed by atoms with Crippen LogP contribution in [0.5, 0.6) is 0 Å². The van der Waals surface area contributed by atoms with Crippen LogP contribution in [0.2, 0.25) is 0 Å². The molecule has 11 rings (SSSR count). The molecule has 0 aliphatic carbocycles. The summed E-state index contributed by atoms with van der Waals surface area (Å²) < 4.78 is 4.76. The van der Waals surface area contributed by atoms with Crippen LogP contribution in [0.1, 0.15) is 0 Å². The highest BCUT2D eigenvalue weighted by Crippen LogP contribution is 2.29. The van der Waals surface area contributed by atoms with E-state index in [2.05, 4.69) is 258 Å². The molecular weight excluding hydrogens is 759 g/mol. The van der Waals surface area contributed by atoms with Crippen LogP contribution in [-0.4, -0.2) is 30.1 Å². The standard InChI is InChI=1S/C55H41N3Si2/c1-7-23-43(24-8-1)59(44-25-9-2-10-26-44,45-27-11-3-12-28-45)49-39-42(57-53-37-21-22-38-54(53)58-52-36-20-19-35-51(52)56-55(57)58)40-50(41-49)60(46-29-13-4-14-30-46,47-31-15-5-16-32-47)48-33-17-6-18-34-48/h1-41H. The monoisotopic (exact) mass is 799 g/mol. The second-order valence-corrected chi connectivity index (χ2v) is 23.1. The molecule has 9 aromatic carbocycles. The van der Waals surface area contributed by atoms with Crippen molar-refractivity contribution >= 4 is 85.5 Å². The normalized spacial score (nSPS) is 12.0. The third kappa shape index (κ3) is 5.51. The summed E-state index contributed by atoms with van der Waals surface area (Å²) in [5.41, 5.74) is 5.42. The summed E-state index contributed by atoms with van der Waals surface area (Å²) >= 11 is 0. The van der Waals surface area contributed by atoms with Crippen molar-refractivity contribution in [2.45, 2.75) is 0 Å². The van der Waals surface area contributed by atoms with Crippen LogP contribution in [-0.2, 0) is 0 Å². The van der Waals surface area contributed by atoms with Gasteiger partial charge in [-0.15, -0.1) is 0 Å².